The van der Waals surface area contributed by atoms with E-state index in [4.69, 9.17) is 5.73 Å². The molecule has 0 bridgehead atoms. The van der Waals surface area contributed by atoms with E-state index in [2.05, 4.69) is 21.6 Å². The van der Waals surface area contributed by atoms with Gasteiger partial charge in [0, 0.05) is 13.1 Å². The molecule has 0 aliphatic rings. The molecule has 0 radical (unpaired) electrons. The van der Waals surface area contributed by atoms with Crippen molar-refractivity contribution in [2.45, 2.75) is 18.7 Å². The molecule has 0 aliphatic heterocycles. The Morgan fingerprint density at radius 1 is 1.29 bits per heavy atom. The third kappa shape index (κ3) is 6.42. The van der Waals surface area contributed by atoms with Gasteiger partial charge in [-0.05, 0) is 26.0 Å². The number of nitrogens with one attached hydrogen (secondary N) is 2. The maximum absolute atomic E-state index is 12.0. The van der Waals surface area contributed by atoms with E-state index in [1.165, 1.54) is 0 Å². The van der Waals surface area contributed by atoms with E-state index in [1.807, 2.05) is 13.8 Å². The first-order valence-electron chi connectivity index (χ1n) is 6.56. The number of nitrogens with zero attached hydrogens (tertiary/aromatic N) is 1. The fourth-order valence-corrected chi connectivity index (χ4v) is 2.48. The molecule has 0 amide bonds. The lowest BCUT2D eigenvalue weighted by atomic mass is 10.2. The Morgan fingerprint density at radius 3 is 2.48 bits per heavy atom. The van der Waals surface area contributed by atoms with Crippen molar-refractivity contribution in [2.24, 2.45) is 10.7 Å². The van der Waals surface area contributed by atoms with Crippen molar-refractivity contribution in [1.29, 1.82) is 0 Å². The minimum atomic E-state index is -3.49. The van der Waals surface area contributed by atoms with E-state index >= 15 is 0 Å². The van der Waals surface area contributed by atoms with Crippen LogP contribution in [-0.2, 0) is 10.0 Å². The zero-order valence-electron chi connectivity index (χ0n) is 12.4. The molecule has 0 atom stereocenters. The Hall–Kier alpha value is -1.86. The van der Waals surface area contributed by atoms with Crippen LogP contribution in [0.2, 0.25) is 0 Å². The quantitative estimate of drug-likeness (QED) is 0.300. The van der Waals surface area contributed by atoms with Crippen LogP contribution in [0, 0.1) is 6.92 Å². The summed E-state index contributed by atoms with van der Waals surface area (Å²) in [6.45, 7) is 8.50. The highest BCUT2D eigenvalue weighted by atomic mass is 32.2. The van der Waals surface area contributed by atoms with Crippen LogP contribution < -0.4 is 15.8 Å². The number of sulfonamides is 1. The molecule has 0 aromatic heterocycles. The summed E-state index contributed by atoms with van der Waals surface area (Å²) in [5.41, 5.74) is 7.53. The Morgan fingerprint density at radius 2 is 1.90 bits per heavy atom. The predicted molar refractivity (Wildman–Crippen MR) is 85.7 cm³/mol. The summed E-state index contributed by atoms with van der Waals surface area (Å²) in [5, 5.41) is 2.83. The molecule has 0 aliphatic carbocycles. The summed E-state index contributed by atoms with van der Waals surface area (Å²) in [6, 6.07) is 6.67. The van der Waals surface area contributed by atoms with Gasteiger partial charge in [0.15, 0.2) is 5.96 Å². The Labute approximate surface area is 126 Å². The van der Waals surface area contributed by atoms with Crippen LogP contribution >= 0.6 is 0 Å². The molecule has 0 unspecified atom stereocenters. The molecule has 0 saturated heterocycles. The van der Waals surface area contributed by atoms with Crippen LogP contribution in [0.25, 0.3) is 0 Å². The summed E-state index contributed by atoms with van der Waals surface area (Å²) in [5.74, 6) is 0.271. The van der Waals surface area contributed by atoms with Gasteiger partial charge < -0.3 is 11.1 Å². The molecule has 0 spiro atoms. The van der Waals surface area contributed by atoms with Gasteiger partial charge in [0.05, 0.1) is 11.4 Å². The highest BCUT2D eigenvalue weighted by Crippen LogP contribution is 2.09. The number of aliphatic imine (C=N–C) groups is 1. The highest BCUT2D eigenvalue weighted by molar-refractivity contribution is 7.89. The maximum Gasteiger partial charge on any atom is 0.240 e. The van der Waals surface area contributed by atoms with E-state index in [0.717, 1.165) is 11.1 Å². The topological polar surface area (TPSA) is 96.6 Å². The van der Waals surface area contributed by atoms with Gasteiger partial charge in [-0.2, -0.15) is 0 Å². The van der Waals surface area contributed by atoms with Crippen LogP contribution in [-0.4, -0.2) is 34.0 Å². The van der Waals surface area contributed by atoms with Gasteiger partial charge in [-0.1, -0.05) is 29.8 Å². The Kier molecular flexibility index (Phi) is 6.39. The minimum Gasteiger partial charge on any atom is -0.370 e. The second-order valence-corrected chi connectivity index (χ2v) is 6.56. The maximum atomic E-state index is 12.0. The van der Waals surface area contributed by atoms with Crippen LogP contribution in [0.5, 0.6) is 0 Å². The van der Waals surface area contributed by atoms with Crippen molar-refractivity contribution >= 4 is 16.0 Å². The van der Waals surface area contributed by atoms with E-state index in [9.17, 15) is 8.42 Å². The van der Waals surface area contributed by atoms with Crippen molar-refractivity contribution in [3.8, 4) is 0 Å². The van der Waals surface area contributed by atoms with Gasteiger partial charge in [-0.15, -0.1) is 0 Å². The van der Waals surface area contributed by atoms with Gasteiger partial charge in [0.2, 0.25) is 10.0 Å². The van der Waals surface area contributed by atoms with E-state index < -0.39 is 10.0 Å². The first kappa shape index (κ1) is 17.2. The number of hydrogen-bond acceptors (Lipinski definition) is 3. The molecule has 21 heavy (non-hydrogen) atoms. The first-order valence-corrected chi connectivity index (χ1v) is 8.04. The number of benzene rings is 1. The molecule has 0 heterocycles. The molecule has 0 fully saturated rings. The molecular formula is C14H22N4O2S. The number of nitrogens with two attached hydrogens (primary N) is 1. The average molecular weight is 310 g/mol. The van der Waals surface area contributed by atoms with Crippen molar-refractivity contribution in [2.75, 3.05) is 19.6 Å². The van der Waals surface area contributed by atoms with Crippen LogP contribution in [0.15, 0.2) is 46.3 Å². The van der Waals surface area contributed by atoms with Crippen LogP contribution in [0.4, 0.5) is 0 Å². The van der Waals surface area contributed by atoms with Crippen LogP contribution in [0.3, 0.4) is 0 Å². The molecule has 1 rings (SSSR count). The third-order valence-corrected chi connectivity index (χ3v) is 4.05. The van der Waals surface area contributed by atoms with E-state index in [-0.39, 0.29) is 17.4 Å². The molecule has 7 heteroatoms. The molecule has 1 aromatic carbocycles. The molecular weight excluding hydrogens is 288 g/mol. The second-order valence-electron chi connectivity index (χ2n) is 4.80. The molecule has 116 valence electrons. The monoisotopic (exact) mass is 310 g/mol. The smallest absolute Gasteiger partial charge is 0.240 e. The number of guanidine groups is 1. The number of hydrogen-bond donors (Lipinski definition) is 3. The summed E-state index contributed by atoms with van der Waals surface area (Å²) < 4.78 is 26.5. The summed E-state index contributed by atoms with van der Waals surface area (Å²) in [6.07, 6.45) is 0. The van der Waals surface area contributed by atoms with Gasteiger partial charge >= 0.3 is 0 Å². The molecule has 0 saturated carbocycles. The summed E-state index contributed by atoms with van der Waals surface area (Å²) >= 11 is 0. The number of aryl methyl sites for hydroxylation is 1. The first-order chi connectivity index (χ1) is 9.81. The normalized spacial score (nSPS) is 12.2. The van der Waals surface area contributed by atoms with Crippen LogP contribution in [0.1, 0.15) is 12.5 Å². The molecule has 4 N–H and O–H groups in total. The zero-order chi connectivity index (χ0) is 15.9. The van der Waals surface area contributed by atoms with Gasteiger partial charge in [0.25, 0.3) is 0 Å². The van der Waals surface area contributed by atoms with E-state index in [0.29, 0.717) is 13.1 Å². The lowest BCUT2D eigenvalue weighted by molar-refractivity contribution is 0.581. The lowest BCUT2D eigenvalue weighted by Gasteiger charge is -2.08. The zero-order valence-corrected chi connectivity index (χ0v) is 13.2. The highest BCUT2D eigenvalue weighted by Gasteiger charge is 2.12. The third-order valence-electron chi connectivity index (χ3n) is 2.57. The fraction of sp³-hybridized carbons (Fsp3) is 0.357. The largest absolute Gasteiger partial charge is 0.370 e. The number of rotatable bonds is 7. The van der Waals surface area contributed by atoms with Gasteiger partial charge in [0.1, 0.15) is 0 Å². The summed E-state index contributed by atoms with van der Waals surface area (Å²) in [4.78, 5) is 4.28. The Balaban J connectivity index is 2.43. The Bertz CT molecular complexity index is 606. The second kappa shape index (κ2) is 7.80. The average Bonchev–Trinajstić information content (AvgIpc) is 2.42. The van der Waals surface area contributed by atoms with Crippen molar-refractivity contribution in [3.63, 3.8) is 0 Å². The van der Waals surface area contributed by atoms with E-state index in [1.54, 1.807) is 24.3 Å². The van der Waals surface area contributed by atoms with Crippen molar-refractivity contribution in [3.05, 3.63) is 42.0 Å². The fourth-order valence-electron chi connectivity index (χ4n) is 1.45. The minimum absolute atomic E-state index is 0.222. The SMILES string of the molecule is C=C(C)CN=C(N)NCCNS(=O)(=O)c1ccc(C)cc1. The van der Waals surface area contributed by atoms with Crippen molar-refractivity contribution < 1.29 is 8.42 Å². The summed E-state index contributed by atoms with van der Waals surface area (Å²) in [7, 11) is -3.49. The molecule has 6 nitrogen and oxygen atoms in total. The predicted octanol–water partition coefficient (Wildman–Crippen LogP) is 0.754. The van der Waals surface area contributed by atoms with Crippen molar-refractivity contribution in [1.82, 2.24) is 10.0 Å². The molecule has 1 aromatic rings. The lowest BCUT2D eigenvalue weighted by Crippen LogP contribution is -2.38. The standard InChI is InChI=1S/C14H22N4O2S/c1-11(2)10-17-14(15)16-8-9-18-21(19,20)13-6-4-12(3)5-7-13/h4-7,18H,1,8-10H2,2-3H3,(H3,15,16,17). The van der Waals surface area contributed by atoms with Gasteiger partial charge in [-0.3, -0.25) is 0 Å². The van der Waals surface area contributed by atoms with Gasteiger partial charge in [-0.25, -0.2) is 18.1 Å².